The third kappa shape index (κ3) is 3.20. The predicted molar refractivity (Wildman–Crippen MR) is 72.6 cm³/mol. The summed E-state index contributed by atoms with van der Waals surface area (Å²) in [5.41, 5.74) is 1.51. The van der Waals surface area contributed by atoms with Gasteiger partial charge in [-0.25, -0.2) is 9.82 Å². The molecule has 0 bridgehead atoms. The summed E-state index contributed by atoms with van der Waals surface area (Å²) in [4.78, 5) is 0.763. The summed E-state index contributed by atoms with van der Waals surface area (Å²) in [6.07, 6.45) is -4.71. The Hall–Kier alpha value is -0.960. The molecule has 1 atom stereocenters. The van der Waals surface area contributed by atoms with Gasteiger partial charge in [-0.15, -0.1) is 11.3 Å². The van der Waals surface area contributed by atoms with Crippen LogP contribution in [0, 0.1) is 5.82 Å². The average Bonchev–Trinajstić information content (AvgIpc) is 2.75. The zero-order valence-electron chi connectivity index (χ0n) is 9.84. The standard InChI is InChI=1S/C12H9BrF4N2S/c13-10-4-3-9(20-10)11(19-18)6-1-2-7(8(14)5-6)12(15,16)17/h1-5,11,19H,18H2. The molecule has 1 aromatic carbocycles. The molecule has 0 saturated carbocycles. The summed E-state index contributed by atoms with van der Waals surface area (Å²) in [5.74, 6) is 4.10. The van der Waals surface area contributed by atoms with Crippen LogP contribution in [0.1, 0.15) is 22.0 Å². The maximum absolute atomic E-state index is 13.6. The van der Waals surface area contributed by atoms with Crippen molar-refractivity contribution < 1.29 is 17.6 Å². The topological polar surface area (TPSA) is 38.0 Å². The highest BCUT2D eigenvalue weighted by Gasteiger charge is 2.34. The number of nitrogens with two attached hydrogens (primary N) is 1. The Morgan fingerprint density at radius 2 is 1.90 bits per heavy atom. The lowest BCUT2D eigenvalue weighted by atomic mass is 10.0. The SMILES string of the molecule is NNC(c1ccc(C(F)(F)F)c(F)c1)c1ccc(Br)s1. The second-order valence-electron chi connectivity index (χ2n) is 3.98. The summed E-state index contributed by atoms with van der Waals surface area (Å²) in [7, 11) is 0. The van der Waals surface area contributed by atoms with Crippen LogP contribution < -0.4 is 11.3 Å². The molecule has 1 heterocycles. The second-order valence-corrected chi connectivity index (χ2v) is 6.47. The van der Waals surface area contributed by atoms with E-state index in [1.54, 1.807) is 12.1 Å². The molecule has 2 nitrogen and oxygen atoms in total. The van der Waals surface area contributed by atoms with Crippen molar-refractivity contribution in [2.75, 3.05) is 0 Å². The lowest BCUT2D eigenvalue weighted by Gasteiger charge is -2.16. The van der Waals surface area contributed by atoms with Gasteiger partial charge in [0.1, 0.15) is 5.82 Å². The summed E-state index contributed by atoms with van der Waals surface area (Å²) in [6.45, 7) is 0. The van der Waals surface area contributed by atoms with Crippen LogP contribution >= 0.6 is 27.3 Å². The predicted octanol–water partition coefficient (Wildman–Crippen LogP) is 4.22. The number of hydrogen-bond acceptors (Lipinski definition) is 3. The molecule has 108 valence electrons. The Balaban J connectivity index is 2.39. The van der Waals surface area contributed by atoms with E-state index < -0.39 is 23.6 Å². The van der Waals surface area contributed by atoms with Gasteiger partial charge in [-0.1, -0.05) is 6.07 Å². The van der Waals surface area contributed by atoms with Gasteiger partial charge in [0.25, 0.3) is 0 Å². The number of alkyl halides is 3. The molecule has 0 amide bonds. The minimum absolute atomic E-state index is 0.326. The van der Waals surface area contributed by atoms with E-state index in [0.717, 1.165) is 20.8 Å². The zero-order chi connectivity index (χ0) is 14.9. The monoisotopic (exact) mass is 368 g/mol. The van der Waals surface area contributed by atoms with Crippen molar-refractivity contribution in [1.29, 1.82) is 0 Å². The van der Waals surface area contributed by atoms with Crippen molar-refractivity contribution in [3.63, 3.8) is 0 Å². The normalized spacial score (nSPS) is 13.5. The van der Waals surface area contributed by atoms with Crippen molar-refractivity contribution in [1.82, 2.24) is 5.43 Å². The molecule has 1 unspecified atom stereocenters. The lowest BCUT2D eigenvalue weighted by molar-refractivity contribution is -0.140. The first-order chi connectivity index (χ1) is 9.32. The largest absolute Gasteiger partial charge is 0.419 e. The highest BCUT2D eigenvalue weighted by atomic mass is 79.9. The van der Waals surface area contributed by atoms with E-state index >= 15 is 0 Å². The van der Waals surface area contributed by atoms with Gasteiger partial charge in [-0.05, 0) is 45.8 Å². The van der Waals surface area contributed by atoms with E-state index in [1.807, 2.05) is 0 Å². The number of benzene rings is 1. The van der Waals surface area contributed by atoms with E-state index in [4.69, 9.17) is 5.84 Å². The Morgan fingerprint density at radius 1 is 1.20 bits per heavy atom. The van der Waals surface area contributed by atoms with Crippen molar-refractivity contribution in [2.24, 2.45) is 5.84 Å². The fourth-order valence-electron chi connectivity index (χ4n) is 1.77. The Labute approximate surface area is 124 Å². The van der Waals surface area contributed by atoms with Crippen LogP contribution in [0.2, 0.25) is 0 Å². The first kappa shape index (κ1) is 15.4. The van der Waals surface area contributed by atoms with Crippen molar-refractivity contribution in [3.8, 4) is 0 Å². The molecule has 0 fully saturated rings. The van der Waals surface area contributed by atoms with Gasteiger partial charge >= 0.3 is 6.18 Å². The van der Waals surface area contributed by atoms with Crippen LogP contribution in [-0.2, 0) is 6.18 Å². The maximum atomic E-state index is 13.6. The Bertz CT molecular complexity index is 612. The van der Waals surface area contributed by atoms with E-state index in [2.05, 4.69) is 21.4 Å². The molecule has 0 aliphatic heterocycles. The van der Waals surface area contributed by atoms with Gasteiger partial charge in [0, 0.05) is 4.88 Å². The quantitative estimate of drug-likeness (QED) is 0.483. The number of rotatable bonds is 3. The molecule has 0 saturated heterocycles. The fourth-order valence-corrected chi connectivity index (χ4v) is 3.28. The van der Waals surface area contributed by atoms with Crippen LogP contribution in [0.5, 0.6) is 0 Å². The molecule has 0 aliphatic rings. The lowest BCUT2D eigenvalue weighted by Crippen LogP contribution is -2.28. The molecule has 0 radical (unpaired) electrons. The van der Waals surface area contributed by atoms with Gasteiger partial charge in [0.2, 0.25) is 0 Å². The van der Waals surface area contributed by atoms with Crippen molar-refractivity contribution in [3.05, 3.63) is 55.9 Å². The van der Waals surface area contributed by atoms with Gasteiger partial charge in [0.05, 0.1) is 15.4 Å². The molecule has 1 aromatic heterocycles. The first-order valence-electron chi connectivity index (χ1n) is 5.41. The average molecular weight is 369 g/mol. The number of hydrazine groups is 1. The second kappa shape index (κ2) is 5.80. The van der Waals surface area contributed by atoms with Gasteiger partial charge < -0.3 is 0 Å². The molecule has 2 aromatic rings. The molecule has 0 spiro atoms. The van der Waals surface area contributed by atoms with Gasteiger partial charge in [-0.3, -0.25) is 5.84 Å². The molecule has 2 rings (SSSR count). The van der Waals surface area contributed by atoms with E-state index in [1.165, 1.54) is 17.4 Å². The summed E-state index contributed by atoms with van der Waals surface area (Å²) in [6, 6.07) is 5.76. The van der Waals surface area contributed by atoms with Gasteiger partial charge in [-0.2, -0.15) is 13.2 Å². The number of hydrogen-bond donors (Lipinski definition) is 2. The molecule has 8 heteroatoms. The third-order valence-corrected chi connectivity index (χ3v) is 4.37. The van der Waals surface area contributed by atoms with Gasteiger partial charge in [0.15, 0.2) is 0 Å². The zero-order valence-corrected chi connectivity index (χ0v) is 12.2. The Morgan fingerprint density at radius 3 is 2.35 bits per heavy atom. The van der Waals surface area contributed by atoms with Crippen molar-refractivity contribution >= 4 is 27.3 Å². The van der Waals surface area contributed by atoms with E-state index in [-0.39, 0.29) is 0 Å². The van der Waals surface area contributed by atoms with Crippen LogP contribution in [-0.4, -0.2) is 0 Å². The highest BCUT2D eigenvalue weighted by molar-refractivity contribution is 9.11. The summed E-state index contributed by atoms with van der Waals surface area (Å²) in [5, 5.41) is 0. The van der Waals surface area contributed by atoms with Crippen LogP contribution in [0.15, 0.2) is 34.1 Å². The molecule has 20 heavy (non-hydrogen) atoms. The van der Waals surface area contributed by atoms with Crippen molar-refractivity contribution in [2.45, 2.75) is 12.2 Å². The van der Waals surface area contributed by atoms with Crippen LogP contribution in [0.3, 0.4) is 0 Å². The summed E-state index contributed by atoms with van der Waals surface area (Å²) < 4.78 is 51.9. The van der Waals surface area contributed by atoms with Crippen LogP contribution in [0.25, 0.3) is 0 Å². The number of thiophene rings is 1. The number of nitrogens with one attached hydrogen (secondary N) is 1. The highest BCUT2D eigenvalue weighted by Crippen LogP contribution is 2.35. The minimum atomic E-state index is -4.71. The molecular weight excluding hydrogens is 360 g/mol. The van der Waals surface area contributed by atoms with E-state index in [9.17, 15) is 17.6 Å². The summed E-state index contributed by atoms with van der Waals surface area (Å²) >= 11 is 4.64. The smallest absolute Gasteiger partial charge is 0.271 e. The molecule has 3 N–H and O–H groups in total. The molecule has 0 aliphatic carbocycles. The van der Waals surface area contributed by atoms with E-state index in [0.29, 0.717) is 5.56 Å². The maximum Gasteiger partial charge on any atom is 0.419 e. The number of halogens is 5. The first-order valence-corrected chi connectivity index (χ1v) is 7.02. The third-order valence-electron chi connectivity index (χ3n) is 2.68. The minimum Gasteiger partial charge on any atom is -0.271 e. The van der Waals surface area contributed by atoms with Crippen LogP contribution in [0.4, 0.5) is 17.6 Å². The fraction of sp³-hybridized carbons (Fsp3) is 0.167. The Kier molecular flexibility index (Phi) is 4.48. The molecular formula is C12H9BrF4N2S.